The number of nitrogens with one attached hydrogen (secondary N) is 1. The molecule has 1 aromatic rings. The molecule has 0 aliphatic carbocycles. The number of rotatable bonds is 7. The Morgan fingerprint density at radius 3 is 2.23 bits per heavy atom. The largest absolute Gasteiger partial charge is 0.480 e. The maximum absolute atomic E-state index is 12.4. The quantitative estimate of drug-likeness (QED) is 0.810. The molecule has 0 aliphatic heterocycles. The zero-order chi connectivity index (χ0) is 16.8. The first-order valence-electron chi connectivity index (χ1n) is 6.63. The fourth-order valence-corrected chi connectivity index (χ4v) is 1.87. The van der Waals surface area contributed by atoms with Crippen LogP contribution in [0.5, 0.6) is 0 Å². The summed E-state index contributed by atoms with van der Waals surface area (Å²) < 4.78 is 37.2. The third-order valence-corrected chi connectivity index (χ3v) is 2.76. The highest BCUT2D eigenvalue weighted by Crippen LogP contribution is 2.29. The summed E-state index contributed by atoms with van der Waals surface area (Å²) in [6.45, 7) is 1.88. The summed E-state index contributed by atoms with van der Waals surface area (Å²) >= 11 is 0. The van der Waals surface area contributed by atoms with Crippen LogP contribution in [0.3, 0.4) is 0 Å². The summed E-state index contributed by atoms with van der Waals surface area (Å²) in [7, 11) is 0. The van der Waals surface area contributed by atoms with E-state index in [1.807, 2.05) is 6.92 Å². The topological polar surface area (TPSA) is 69.6 Å². The van der Waals surface area contributed by atoms with Crippen LogP contribution in [-0.2, 0) is 15.8 Å². The minimum absolute atomic E-state index is 0.138. The molecule has 0 atom stereocenters. The highest BCUT2D eigenvalue weighted by atomic mass is 19.4. The zero-order valence-electron chi connectivity index (χ0n) is 12.0. The minimum Gasteiger partial charge on any atom is -0.480 e. The van der Waals surface area contributed by atoms with Crippen molar-refractivity contribution in [1.82, 2.24) is 4.90 Å². The van der Waals surface area contributed by atoms with Gasteiger partial charge in [0.15, 0.2) is 0 Å². The van der Waals surface area contributed by atoms with Crippen molar-refractivity contribution in [2.75, 3.05) is 25.0 Å². The summed E-state index contributed by atoms with van der Waals surface area (Å²) in [4.78, 5) is 23.9. The number of benzene rings is 1. The van der Waals surface area contributed by atoms with E-state index in [0.717, 1.165) is 24.3 Å². The van der Waals surface area contributed by atoms with E-state index in [2.05, 4.69) is 5.32 Å². The average Bonchev–Trinajstić information content (AvgIpc) is 2.37. The minimum atomic E-state index is -4.43. The standard InChI is InChI=1S/C14H17F3N2O3/c1-2-7-19(9-13(21)22)8-12(20)18-11-5-3-10(4-6-11)14(15,16)17/h3-6H,2,7-9H2,1H3,(H,18,20)(H,21,22). The van der Waals surface area contributed by atoms with Gasteiger partial charge < -0.3 is 10.4 Å². The molecule has 1 aromatic carbocycles. The number of carbonyl (C=O) groups is 2. The van der Waals surface area contributed by atoms with Crippen LogP contribution in [0.1, 0.15) is 18.9 Å². The van der Waals surface area contributed by atoms with Gasteiger partial charge in [0.2, 0.25) is 5.91 Å². The molecule has 1 amide bonds. The average molecular weight is 318 g/mol. The smallest absolute Gasteiger partial charge is 0.416 e. The molecule has 22 heavy (non-hydrogen) atoms. The second-order valence-corrected chi connectivity index (χ2v) is 4.73. The van der Waals surface area contributed by atoms with Crippen molar-refractivity contribution in [2.24, 2.45) is 0 Å². The SMILES string of the molecule is CCCN(CC(=O)O)CC(=O)Nc1ccc(C(F)(F)F)cc1. The molecule has 1 rings (SSSR count). The number of carboxylic acid groups (broad SMARTS) is 1. The maximum atomic E-state index is 12.4. The summed E-state index contributed by atoms with van der Waals surface area (Å²) in [5, 5.41) is 11.2. The van der Waals surface area contributed by atoms with Gasteiger partial charge in [0.05, 0.1) is 18.7 Å². The number of alkyl halides is 3. The first-order chi connectivity index (χ1) is 10.2. The third-order valence-electron chi connectivity index (χ3n) is 2.76. The van der Waals surface area contributed by atoms with Gasteiger partial charge in [-0.25, -0.2) is 0 Å². The molecule has 0 bridgehead atoms. The van der Waals surface area contributed by atoms with Crippen molar-refractivity contribution in [3.63, 3.8) is 0 Å². The summed E-state index contributed by atoms with van der Waals surface area (Å²) in [6, 6.07) is 4.05. The van der Waals surface area contributed by atoms with Gasteiger partial charge in [-0.3, -0.25) is 14.5 Å². The molecule has 0 spiro atoms. The molecule has 0 aromatic heterocycles. The number of carboxylic acids is 1. The lowest BCUT2D eigenvalue weighted by atomic mass is 10.2. The van der Waals surface area contributed by atoms with Crippen LogP contribution in [0.4, 0.5) is 18.9 Å². The zero-order valence-corrected chi connectivity index (χ0v) is 12.0. The Hall–Kier alpha value is -2.09. The maximum Gasteiger partial charge on any atom is 0.416 e. The number of carbonyl (C=O) groups excluding carboxylic acids is 1. The number of hydrogen-bond donors (Lipinski definition) is 2. The predicted octanol–water partition coefficient (Wildman–Crippen LogP) is 2.44. The van der Waals surface area contributed by atoms with E-state index in [1.165, 1.54) is 4.90 Å². The molecule has 0 radical (unpaired) electrons. The molecule has 0 saturated heterocycles. The molecule has 0 aliphatic rings. The van der Waals surface area contributed by atoms with Gasteiger partial charge in [-0.15, -0.1) is 0 Å². The lowest BCUT2D eigenvalue weighted by Gasteiger charge is -2.18. The van der Waals surface area contributed by atoms with E-state index in [1.54, 1.807) is 0 Å². The number of nitrogens with zero attached hydrogens (tertiary/aromatic N) is 1. The second kappa shape index (κ2) is 7.79. The number of hydrogen-bond acceptors (Lipinski definition) is 3. The van der Waals surface area contributed by atoms with Crippen molar-refractivity contribution in [3.8, 4) is 0 Å². The molecule has 0 saturated carbocycles. The van der Waals surface area contributed by atoms with Crippen LogP contribution in [0.2, 0.25) is 0 Å². The molecule has 2 N–H and O–H groups in total. The van der Waals surface area contributed by atoms with Gasteiger partial charge >= 0.3 is 12.1 Å². The molecule has 5 nitrogen and oxygen atoms in total. The van der Waals surface area contributed by atoms with Crippen LogP contribution in [0, 0.1) is 0 Å². The van der Waals surface area contributed by atoms with Crippen molar-refractivity contribution < 1.29 is 27.9 Å². The number of aliphatic carboxylic acids is 1. The molecular weight excluding hydrogens is 301 g/mol. The molecule has 0 heterocycles. The number of halogens is 3. The second-order valence-electron chi connectivity index (χ2n) is 4.73. The molecule has 122 valence electrons. The molecule has 0 fully saturated rings. The highest BCUT2D eigenvalue weighted by Gasteiger charge is 2.30. The highest BCUT2D eigenvalue weighted by molar-refractivity contribution is 5.92. The number of amides is 1. The molecular formula is C14H17F3N2O3. The van der Waals surface area contributed by atoms with Crippen LogP contribution < -0.4 is 5.32 Å². The van der Waals surface area contributed by atoms with Gasteiger partial charge in [-0.05, 0) is 37.2 Å². The van der Waals surface area contributed by atoms with Crippen molar-refractivity contribution >= 4 is 17.6 Å². The van der Waals surface area contributed by atoms with Crippen molar-refractivity contribution in [1.29, 1.82) is 0 Å². The van der Waals surface area contributed by atoms with E-state index >= 15 is 0 Å². The van der Waals surface area contributed by atoms with Crippen LogP contribution >= 0.6 is 0 Å². The Morgan fingerprint density at radius 2 is 1.77 bits per heavy atom. The Kier molecular flexibility index (Phi) is 6.36. The van der Waals surface area contributed by atoms with Crippen molar-refractivity contribution in [3.05, 3.63) is 29.8 Å². The predicted molar refractivity (Wildman–Crippen MR) is 74.4 cm³/mol. The van der Waals surface area contributed by atoms with E-state index in [4.69, 9.17) is 5.11 Å². The first kappa shape index (κ1) is 18.0. The monoisotopic (exact) mass is 318 g/mol. The van der Waals surface area contributed by atoms with E-state index < -0.39 is 23.6 Å². The summed E-state index contributed by atoms with van der Waals surface area (Å²) in [6.07, 6.45) is -3.75. The first-order valence-corrected chi connectivity index (χ1v) is 6.63. The third kappa shape index (κ3) is 6.13. The fraction of sp³-hybridized carbons (Fsp3) is 0.429. The molecule has 0 unspecified atom stereocenters. The number of anilines is 1. The summed E-state index contributed by atoms with van der Waals surface area (Å²) in [5.41, 5.74) is -0.575. The normalized spacial score (nSPS) is 11.5. The summed E-state index contributed by atoms with van der Waals surface area (Å²) in [5.74, 6) is -1.52. The van der Waals surface area contributed by atoms with Crippen LogP contribution in [-0.4, -0.2) is 41.5 Å². The van der Waals surface area contributed by atoms with E-state index in [0.29, 0.717) is 13.0 Å². The van der Waals surface area contributed by atoms with Crippen molar-refractivity contribution in [2.45, 2.75) is 19.5 Å². The lowest BCUT2D eigenvalue weighted by Crippen LogP contribution is -2.37. The Balaban J connectivity index is 2.62. The fourth-order valence-electron chi connectivity index (χ4n) is 1.87. The van der Waals surface area contributed by atoms with Gasteiger partial charge in [-0.2, -0.15) is 13.2 Å². The Labute approximate surface area is 125 Å². The Bertz CT molecular complexity index is 515. The van der Waals surface area contributed by atoms with Gasteiger partial charge in [-0.1, -0.05) is 6.92 Å². The van der Waals surface area contributed by atoms with Gasteiger partial charge in [0.25, 0.3) is 0 Å². The van der Waals surface area contributed by atoms with Crippen LogP contribution in [0.25, 0.3) is 0 Å². The molecule has 8 heteroatoms. The van der Waals surface area contributed by atoms with Gasteiger partial charge in [0, 0.05) is 5.69 Å². The van der Waals surface area contributed by atoms with Crippen LogP contribution in [0.15, 0.2) is 24.3 Å². The van der Waals surface area contributed by atoms with E-state index in [9.17, 15) is 22.8 Å². The van der Waals surface area contributed by atoms with E-state index in [-0.39, 0.29) is 18.8 Å². The Morgan fingerprint density at radius 1 is 1.18 bits per heavy atom. The lowest BCUT2D eigenvalue weighted by molar-refractivity contribution is -0.139. The van der Waals surface area contributed by atoms with Gasteiger partial charge in [0.1, 0.15) is 0 Å².